The number of benzene rings is 1. The van der Waals surface area contributed by atoms with Crippen LogP contribution in [0.1, 0.15) is 31.2 Å². The van der Waals surface area contributed by atoms with Gasteiger partial charge in [0.05, 0.1) is 11.8 Å². The monoisotopic (exact) mass is 308 g/mol. The van der Waals surface area contributed by atoms with Crippen LogP contribution in [-0.2, 0) is 9.59 Å². The van der Waals surface area contributed by atoms with Gasteiger partial charge in [0.25, 0.3) is 0 Å². The molecule has 1 saturated carbocycles. The maximum absolute atomic E-state index is 13.6. The summed E-state index contributed by atoms with van der Waals surface area (Å²) in [5.41, 5.74) is 0.703. The molecule has 0 bridgehead atoms. The average molecular weight is 308 g/mol. The van der Waals surface area contributed by atoms with E-state index in [0.29, 0.717) is 0 Å². The molecule has 1 aliphatic carbocycles. The van der Waals surface area contributed by atoms with Gasteiger partial charge < -0.3 is 15.7 Å². The lowest BCUT2D eigenvalue weighted by molar-refractivity contribution is -0.136. The van der Waals surface area contributed by atoms with Gasteiger partial charge >= 0.3 is 11.8 Å². The molecule has 0 aliphatic heterocycles. The molecule has 0 aromatic heterocycles. The van der Waals surface area contributed by atoms with Crippen molar-refractivity contribution in [1.82, 2.24) is 5.32 Å². The standard InChI is InChI=1S/C16H21FN2O3/c1-10-6-7-13(12(17)8-10)19-16(22)15(21)18-9-11-4-2-3-5-14(11)20/h6-8,11,14,20H,2-5,9H2,1H3,(H,18,21)(H,19,22). The smallest absolute Gasteiger partial charge is 0.313 e. The predicted octanol–water partition coefficient (Wildman–Crippen LogP) is 1.74. The maximum Gasteiger partial charge on any atom is 0.313 e. The molecule has 6 heteroatoms. The van der Waals surface area contributed by atoms with Crippen LogP contribution in [-0.4, -0.2) is 29.6 Å². The molecule has 0 radical (unpaired) electrons. The number of hydrogen-bond acceptors (Lipinski definition) is 3. The van der Waals surface area contributed by atoms with E-state index in [-0.39, 0.29) is 18.2 Å². The van der Waals surface area contributed by atoms with Gasteiger partial charge in [0.2, 0.25) is 0 Å². The Hall–Kier alpha value is -1.95. The molecule has 2 unspecified atom stereocenters. The van der Waals surface area contributed by atoms with Crippen molar-refractivity contribution in [1.29, 1.82) is 0 Å². The number of rotatable bonds is 3. The molecule has 3 N–H and O–H groups in total. The van der Waals surface area contributed by atoms with E-state index in [4.69, 9.17) is 0 Å². The molecule has 1 aromatic rings. The SMILES string of the molecule is Cc1ccc(NC(=O)C(=O)NCC2CCCCC2O)c(F)c1. The summed E-state index contributed by atoms with van der Waals surface area (Å²) in [4.78, 5) is 23.5. The van der Waals surface area contributed by atoms with Gasteiger partial charge in [0.1, 0.15) is 5.82 Å². The molecule has 2 amide bonds. The number of halogens is 1. The molecule has 0 heterocycles. The van der Waals surface area contributed by atoms with Crippen molar-refractivity contribution in [3.8, 4) is 0 Å². The molecule has 5 nitrogen and oxygen atoms in total. The lowest BCUT2D eigenvalue weighted by atomic mass is 9.86. The number of carbonyl (C=O) groups excluding carboxylic acids is 2. The lowest BCUT2D eigenvalue weighted by Gasteiger charge is -2.27. The van der Waals surface area contributed by atoms with Crippen LogP contribution in [0.3, 0.4) is 0 Å². The van der Waals surface area contributed by atoms with Crippen LogP contribution >= 0.6 is 0 Å². The van der Waals surface area contributed by atoms with Crippen LogP contribution in [0.15, 0.2) is 18.2 Å². The number of aryl methyl sites for hydroxylation is 1. The van der Waals surface area contributed by atoms with Gasteiger partial charge in [-0.05, 0) is 37.5 Å². The molecule has 2 rings (SSSR count). The highest BCUT2D eigenvalue weighted by Gasteiger charge is 2.24. The quantitative estimate of drug-likeness (QED) is 0.744. The number of amides is 2. The second kappa shape index (κ2) is 7.35. The second-order valence-corrected chi connectivity index (χ2v) is 5.76. The highest BCUT2D eigenvalue weighted by atomic mass is 19.1. The number of hydrogen-bond donors (Lipinski definition) is 3. The third-order valence-electron chi connectivity index (χ3n) is 3.97. The summed E-state index contributed by atoms with van der Waals surface area (Å²) in [7, 11) is 0. The second-order valence-electron chi connectivity index (χ2n) is 5.76. The summed E-state index contributed by atoms with van der Waals surface area (Å²) in [5, 5.41) is 14.6. The molecule has 0 spiro atoms. The van der Waals surface area contributed by atoms with Gasteiger partial charge in [-0.25, -0.2) is 4.39 Å². The Bertz CT molecular complexity index is 562. The Kier molecular flexibility index (Phi) is 5.49. The van der Waals surface area contributed by atoms with Gasteiger partial charge in [0, 0.05) is 12.5 Å². The van der Waals surface area contributed by atoms with Gasteiger partial charge in [-0.15, -0.1) is 0 Å². The summed E-state index contributed by atoms with van der Waals surface area (Å²) in [5.74, 6) is -2.34. The van der Waals surface area contributed by atoms with Gasteiger partial charge in [-0.1, -0.05) is 18.9 Å². The lowest BCUT2D eigenvalue weighted by Crippen LogP contribution is -2.41. The number of anilines is 1. The van der Waals surface area contributed by atoms with Crippen LogP contribution in [0.25, 0.3) is 0 Å². The molecule has 120 valence electrons. The molecule has 22 heavy (non-hydrogen) atoms. The fraction of sp³-hybridized carbons (Fsp3) is 0.500. The van der Waals surface area contributed by atoms with Crippen LogP contribution in [0.4, 0.5) is 10.1 Å². The topological polar surface area (TPSA) is 78.4 Å². The van der Waals surface area contributed by atoms with Crippen molar-refractivity contribution in [2.24, 2.45) is 5.92 Å². The zero-order chi connectivity index (χ0) is 16.1. The normalized spacial score (nSPS) is 21.2. The fourth-order valence-electron chi connectivity index (χ4n) is 2.63. The Balaban J connectivity index is 1.85. The zero-order valence-corrected chi connectivity index (χ0v) is 12.6. The van der Waals surface area contributed by atoms with E-state index < -0.39 is 23.7 Å². The molecule has 1 fully saturated rings. The van der Waals surface area contributed by atoms with E-state index in [9.17, 15) is 19.1 Å². The van der Waals surface area contributed by atoms with Crippen molar-refractivity contribution in [3.63, 3.8) is 0 Å². The Morgan fingerprint density at radius 1 is 1.27 bits per heavy atom. The van der Waals surface area contributed by atoms with E-state index in [1.165, 1.54) is 12.1 Å². The molecular formula is C16H21FN2O3. The number of nitrogens with one attached hydrogen (secondary N) is 2. The first kappa shape index (κ1) is 16.4. The number of aliphatic hydroxyl groups excluding tert-OH is 1. The highest BCUT2D eigenvalue weighted by Crippen LogP contribution is 2.23. The minimum absolute atomic E-state index is 0.0246. The number of carbonyl (C=O) groups is 2. The summed E-state index contributed by atoms with van der Waals surface area (Å²) in [6.07, 6.45) is 3.11. The van der Waals surface area contributed by atoms with Crippen LogP contribution in [0, 0.1) is 18.7 Å². The first-order chi connectivity index (χ1) is 10.5. The third kappa shape index (κ3) is 4.27. The van der Waals surface area contributed by atoms with Gasteiger partial charge in [0.15, 0.2) is 0 Å². The van der Waals surface area contributed by atoms with Crippen molar-refractivity contribution >= 4 is 17.5 Å². The third-order valence-corrected chi connectivity index (χ3v) is 3.97. The minimum atomic E-state index is -0.909. The molecule has 2 atom stereocenters. The van der Waals surface area contributed by atoms with Gasteiger partial charge in [-0.2, -0.15) is 0 Å². The Morgan fingerprint density at radius 2 is 2.00 bits per heavy atom. The summed E-state index contributed by atoms with van der Waals surface area (Å²) < 4.78 is 13.6. The van der Waals surface area contributed by atoms with Crippen molar-refractivity contribution in [2.45, 2.75) is 38.7 Å². The minimum Gasteiger partial charge on any atom is -0.393 e. The van der Waals surface area contributed by atoms with Crippen LogP contribution in [0.5, 0.6) is 0 Å². The van der Waals surface area contributed by atoms with E-state index in [0.717, 1.165) is 31.2 Å². The summed E-state index contributed by atoms with van der Waals surface area (Å²) >= 11 is 0. The van der Waals surface area contributed by atoms with E-state index in [1.54, 1.807) is 13.0 Å². The maximum atomic E-state index is 13.6. The Labute approximate surface area is 128 Å². The van der Waals surface area contributed by atoms with Crippen molar-refractivity contribution in [3.05, 3.63) is 29.6 Å². The highest BCUT2D eigenvalue weighted by molar-refractivity contribution is 6.39. The van der Waals surface area contributed by atoms with Crippen molar-refractivity contribution < 1.29 is 19.1 Å². The van der Waals surface area contributed by atoms with Crippen molar-refractivity contribution in [2.75, 3.05) is 11.9 Å². The Morgan fingerprint density at radius 3 is 2.68 bits per heavy atom. The molecular weight excluding hydrogens is 287 g/mol. The average Bonchev–Trinajstić information content (AvgIpc) is 2.49. The largest absolute Gasteiger partial charge is 0.393 e. The molecule has 1 aromatic carbocycles. The number of aliphatic hydroxyl groups is 1. The molecule has 0 saturated heterocycles. The van der Waals surface area contributed by atoms with Gasteiger partial charge in [-0.3, -0.25) is 9.59 Å². The van der Waals surface area contributed by atoms with E-state index in [1.807, 2.05) is 0 Å². The van der Waals surface area contributed by atoms with Crippen LogP contribution < -0.4 is 10.6 Å². The zero-order valence-electron chi connectivity index (χ0n) is 12.6. The van der Waals surface area contributed by atoms with E-state index in [2.05, 4.69) is 10.6 Å². The fourth-order valence-corrected chi connectivity index (χ4v) is 2.63. The predicted molar refractivity (Wildman–Crippen MR) is 80.7 cm³/mol. The van der Waals surface area contributed by atoms with E-state index >= 15 is 0 Å². The first-order valence-corrected chi connectivity index (χ1v) is 7.51. The molecule has 1 aliphatic rings. The van der Waals surface area contributed by atoms with Crippen LogP contribution in [0.2, 0.25) is 0 Å². The first-order valence-electron chi connectivity index (χ1n) is 7.51. The summed E-state index contributed by atoms with van der Waals surface area (Å²) in [6, 6.07) is 4.35. The summed E-state index contributed by atoms with van der Waals surface area (Å²) in [6.45, 7) is 1.99.